The van der Waals surface area contributed by atoms with Crippen LogP contribution in [0.25, 0.3) is 0 Å². The van der Waals surface area contributed by atoms with Gasteiger partial charge in [-0.05, 0) is 27.7 Å². The van der Waals surface area contributed by atoms with Gasteiger partial charge in [0.15, 0.2) is 0 Å². The molecule has 1 N–H and O–H groups in total. The molecule has 6 nitrogen and oxygen atoms in total. The van der Waals surface area contributed by atoms with E-state index in [0.29, 0.717) is 6.54 Å². The molecular formula is C12H20F3N5O. The van der Waals surface area contributed by atoms with E-state index in [9.17, 15) is 13.2 Å². The molecule has 1 aromatic rings. The Kier molecular flexibility index (Phi) is 5.98. The highest BCUT2D eigenvalue weighted by atomic mass is 19.4. The molecule has 0 saturated heterocycles. The van der Waals surface area contributed by atoms with Crippen LogP contribution in [0.5, 0.6) is 6.01 Å². The zero-order chi connectivity index (χ0) is 16.0. The van der Waals surface area contributed by atoms with E-state index in [-0.39, 0.29) is 30.6 Å². The summed E-state index contributed by atoms with van der Waals surface area (Å²) in [6.45, 7) is 6.53. The molecule has 1 rings (SSSR count). The molecule has 0 amide bonds. The van der Waals surface area contributed by atoms with Gasteiger partial charge in [0.1, 0.15) is 6.54 Å². The molecule has 120 valence electrons. The Hall–Kier alpha value is -1.80. The number of rotatable bonds is 7. The lowest BCUT2D eigenvalue weighted by molar-refractivity contribution is -0.119. The minimum Gasteiger partial charge on any atom is -0.461 e. The zero-order valence-electron chi connectivity index (χ0n) is 12.5. The molecule has 0 saturated carbocycles. The molecule has 0 atom stereocenters. The van der Waals surface area contributed by atoms with Crippen LogP contribution in [0.3, 0.4) is 0 Å². The third-order valence-electron chi connectivity index (χ3n) is 2.31. The van der Waals surface area contributed by atoms with Crippen LogP contribution in [0.1, 0.15) is 27.7 Å². The Bertz CT molecular complexity index is 453. The summed E-state index contributed by atoms with van der Waals surface area (Å²) in [5.41, 5.74) is 0. The Morgan fingerprint density at radius 2 is 1.86 bits per heavy atom. The summed E-state index contributed by atoms with van der Waals surface area (Å²) in [4.78, 5) is 13.0. The highest BCUT2D eigenvalue weighted by Gasteiger charge is 2.31. The highest BCUT2D eigenvalue weighted by molar-refractivity contribution is 5.38. The third kappa shape index (κ3) is 6.01. The van der Waals surface area contributed by atoms with Gasteiger partial charge in [0.25, 0.3) is 0 Å². The molecular weight excluding hydrogens is 287 g/mol. The SMILES string of the molecule is CCNc1nc(OC(C)C)nc(N(CC)CC(F)(F)F)n1. The molecule has 0 aromatic carbocycles. The second-order valence-electron chi connectivity index (χ2n) is 4.57. The van der Waals surface area contributed by atoms with Gasteiger partial charge >= 0.3 is 12.2 Å². The number of aromatic nitrogens is 3. The number of halogens is 3. The van der Waals surface area contributed by atoms with Crippen molar-refractivity contribution in [1.29, 1.82) is 0 Å². The first kappa shape index (κ1) is 17.3. The van der Waals surface area contributed by atoms with Crippen molar-refractivity contribution in [1.82, 2.24) is 15.0 Å². The normalized spacial score (nSPS) is 11.6. The Morgan fingerprint density at radius 1 is 1.19 bits per heavy atom. The predicted molar refractivity (Wildman–Crippen MR) is 73.7 cm³/mol. The molecule has 21 heavy (non-hydrogen) atoms. The lowest BCUT2D eigenvalue weighted by atomic mass is 10.5. The van der Waals surface area contributed by atoms with Crippen molar-refractivity contribution in [2.75, 3.05) is 29.9 Å². The summed E-state index contributed by atoms with van der Waals surface area (Å²) < 4.78 is 43.1. The van der Waals surface area contributed by atoms with E-state index >= 15 is 0 Å². The first-order chi connectivity index (χ1) is 9.75. The summed E-state index contributed by atoms with van der Waals surface area (Å²) in [6.07, 6.45) is -4.52. The number of anilines is 2. The van der Waals surface area contributed by atoms with Crippen LogP contribution in [-0.4, -0.2) is 46.9 Å². The fourth-order valence-electron chi connectivity index (χ4n) is 1.53. The number of hydrogen-bond acceptors (Lipinski definition) is 6. The maximum atomic E-state index is 12.6. The van der Waals surface area contributed by atoms with Crippen molar-refractivity contribution in [3.8, 4) is 6.01 Å². The Morgan fingerprint density at radius 3 is 2.33 bits per heavy atom. The number of nitrogens with zero attached hydrogens (tertiary/aromatic N) is 4. The molecule has 0 fully saturated rings. The largest absolute Gasteiger partial charge is 0.461 e. The van der Waals surface area contributed by atoms with Crippen LogP contribution in [0, 0.1) is 0 Å². The molecule has 1 heterocycles. The number of hydrogen-bond donors (Lipinski definition) is 1. The van der Waals surface area contributed by atoms with Crippen molar-refractivity contribution in [2.45, 2.75) is 40.0 Å². The maximum Gasteiger partial charge on any atom is 0.406 e. The summed E-state index contributed by atoms with van der Waals surface area (Å²) in [7, 11) is 0. The Balaban J connectivity index is 3.09. The van der Waals surface area contributed by atoms with Gasteiger partial charge in [-0.15, -0.1) is 0 Å². The van der Waals surface area contributed by atoms with Gasteiger partial charge in [-0.25, -0.2) is 0 Å². The maximum absolute atomic E-state index is 12.6. The molecule has 0 bridgehead atoms. The minimum atomic E-state index is -4.33. The van der Waals surface area contributed by atoms with E-state index in [2.05, 4.69) is 20.3 Å². The van der Waals surface area contributed by atoms with Gasteiger partial charge in [-0.3, -0.25) is 0 Å². The fraction of sp³-hybridized carbons (Fsp3) is 0.750. The second-order valence-corrected chi connectivity index (χ2v) is 4.57. The van der Waals surface area contributed by atoms with Gasteiger partial charge < -0.3 is 15.0 Å². The molecule has 1 aromatic heterocycles. The quantitative estimate of drug-likeness (QED) is 0.835. The van der Waals surface area contributed by atoms with Gasteiger partial charge in [-0.1, -0.05) is 0 Å². The number of alkyl halides is 3. The van der Waals surface area contributed by atoms with Crippen molar-refractivity contribution in [2.24, 2.45) is 0 Å². The summed E-state index contributed by atoms with van der Waals surface area (Å²) in [5.74, 6) is 0.134. The van der Waals surface area contributed by atoms with E-state index in [0.717, 1.165) is 4.90 Å². The third-order valence-corrected chi connectivity index (χ3v) is 2.31. The lowest BCUT2D eigenvalue weighted by Gasteiger charge is -2.23. The predicted octanol–water partition coefficient (Wildman–Crippen LogP) is 2.48. The molecule has 0 spiro atoms. The average Bonchev–Trinajstić information content (AvgIpc) is 2.34. The van der Waals surface area contributed by atoms with Crippen LogP contribution < -0.4 is 15.0 Å². The van der Waals surface area contributed by atoms with Crippen molar-refractivity contribution >= 4 is 11.9 Å². The number of nitrogens with one attached hydrogen (secondary N) is 1. The molecule has 0 unspecified atom stereocenters. The minimum absolute atomic E-state index is 0.00609. The Labute approximate surface area is 121 Å². The zero-order valence-corrected chi connectivity index (χ0v) is 12.5. The van der Waals surface area contributed by atoms with Crippen molar-refractivity contribution in [3.05, 3.63) is 0 Å². The molecule has 9 heteroatoms. The van der Waals surface area contributed by atoms with E-state index < -0.39 is 12.7 Å². The standard InChI is InChI=1S/C12H20F3N5O/c1-5-16-9-17-10(19-11(18-9)21-8(3)4)20(6-2)7-12(13,14)15/h8H,5-7H2,1-4H3,(H,16,17,18,19). The lowest BCUT2D eigenvalue weighted by Crippen LogP contribution is -2.35. The highest BCUT2D eigenvalue weighted by Crippen LogP contribution is 2.21. The smallest absolute Gasteiger partial charge is 0.406 e. The van der Waals surface area contributed by atoms with Crippen LogP contribution in [0.4, 0.5) is 25.1 Å². The van der Waals surface area contributed by atoms with E-state index in [1.807, 2.05) is 6.92 Å². The van der Waals surface area contributed by atoms with Crippen molar-refractivity contribution < 1.29 is 17.9 Å². The van der Waals surface area contributed by atoms with Gasteiger partial charge in [0.05, 0.1) is 6.10 Å². The number of ether oxygens (including phenoxy) is 1. The molecule has 0 aliphatic heterocycles. The summed E-state index contributed by atoms with van der Waals surface area (Å²) in [5, 5.41) is 2.85. The van der Waals surface area contributed by atoms with Gasteiger partial charge in [0.2, 0.25) is 11.9 Å². The topological polar surface area (TPSA) is 63.2 Å². The fourth-order valence-corrected chi connectivity index (χ4v) is 1.53. The average molecular weight is 307 g/mol. The van der Waals surface area contributed by atoms with E-state index in [1.165, 1.54) is 0 Å². The first-order valence-corrected chi connectivity index (χ1v) is 6.73. The first-order valence-electron chi connectivity index (χ1n) is 6.73. The monoisotopic (exact) mass is 307 g/mol. The van der Waals surface area contributed by atoms with Crippen LogP contribution in [-0.2, 0) is 0 Å². The molecule has 0 aliphatic rings. The van der Waals surface area contributed by atoms with Crippen molar-refractivity contribution in [3.63, 3.8) is 0 Å². The van der Waals surface area contributed by atoms with E-state index in [4.69, 9.17) is 4.74 Å². The van der Waals surface area contributed by atoms with Crippen LogP contribution in [0.2, 0.25) is 0 Å². The second kappa shape index (κ2) is 7.28. The van der Waals surface area contributed by atoms with Crippen LogP contribution >= 0.6 is 0 Å². The van der Waals surface area contributed by atoms with Crippen LogP contribution in [0.15, 0.2) is 0 Å². The molecule has 0 aliphatic carbocycles. The summed E-state index contributed by atoms with van der Waals surface area (Å²) >= 11 is 0. The van der Waals surface area contributed by atoms with Gasteiger partial charge in [-0.2, -0.15) is 28.1 Å². The van der Waals surface area contributed by atoms with E-state index in [1.54, 1.807) is 20.8 Å². The summed E-state index contributed by atoms with van der Waals surface area (Å²) in [6, 6.07) is 0.00609. The molecule has 0 radical (unpaired) electrons. The van der Waals surface area contributed by atoms with Gasteiger partial charge in [0, 0.05) is 13.1 Å².